The van der Waals surface area contributed by atoms with Gasteiger partial charge in [-0.3, -0.25) is 9.59 Å². The minimum atomic E-state index is -0.170. The summed E-state index contributed by atoms with van der Waals surface area (Å²) in [6.07, 6.45) is 2.56. The van der Waals surface area contributed by atoms with Crippen LogP contribution in [0, 0.1) is 0 Å². The summed E-state index contributed by atoms with van der Waals surface area (Å²) in [5, 5.41) is 3.42. The van der Waals surface area contributed by atoms with Crippen LogP contribution >= 0.6 is 11.6 Å². The Labute approximate surface area is 157 Å². The third-order valence-corrected chi connectivity index (χ3v) is 4.45. The van der Waals surface area contributed by atoms with E-state index in [2.05, 4.69) is 5.32 Å². The van der Waals surface area contributed by atoms with Gasteiger partial charge in [0.1, 0.15) is 12.4 Å². The van der Waals surface area contributed by atoms with E-state index in [1.165, 1.54) is 0 Å². The molecule has 0 bridgehead atoms. The molecule has 26 heavy (non-hydrogen) atoms. The number of halogens is 1. The largest absolute Gasteiger partial charge is 0.492 e. The number of amides is 2. The van der Waals surface area contributed by atoms with Gasteiger partial charge in [-0.05, 0) is 55.3 Å². The van der Waals surface area contributed by atoms with Crippen molar-refractivity contribution < 1.29 is 14.3 Å². The first-order valence-electron chi connectivity index (χ1n) is 8.70. The zero-order valence-electron chi connectivity index (χ0n) is 14.4. The molecule has 1 saturated heterocycles. The van der Waals surface area contributed by atoms with E-state index in [1.807, 2.05) is 24.3 Å². The summed E-state index contributed by atoms with van der Waals surface area (Å²) in [5.74, 6) is 0.644. The second-order valence-corrected chi connectivity index (χ2v) is 6.55. The van der Waals surface area contributed by atoms with Crippen molar-refractivity contribution in [3.8, 4) is 5.75 Å². The predicted octanol–water partition coefficient (Wildman–Crippen LogP) is 3.67. The lowest BCUT2D eigenvalue weighted by molar-refractivity contribution is -0.119. The number of nitrogens with zero attached hydrogens (tertiary/aromatic N) is 1. The smallest absolute Gasteiger partial charge is 0.251 e. The van der Waals surface area contributed by atoms with Crippen molar-refractivity contribution in [1.82, 2.24) is 5.32 Å². The van der Waals surface area contributed by atoms with Crippen molar-refractivity contribution in [3.63, 3.8) is 0 Å². The van der Waals surface area contributed by atoms with E-state index in [9.17, 15) is 9.59 Å². The Morgan fingerprint density at radius 1 is 1.15 bits per heavy atom. The van der Waals surface area contributed by atoms with Crippen LogP contribution in [0.1, 0.15) is 29.6 Å². The number of carbonyl (C=O) groups excluding carboxylic acids is 2. The van der Waals surface area contributed by atoms with E-state index in [0.29, 0.717) is 35.9 Å². The quantitative estimate of drug-likeness (QED) is 0.787. The van der Waals surface area contributed by atoms with Gasteiger partial charge < -0.3 is 15.0 Å². The first-order chi connectivity index (χ1) is 12.6. The molecule has 1 aliphatic rings. The zero-order valence-corrected chi connectivity index (χ0v) is 15.2. The number of anilines is 1. The highest BCUT2D eigenvalue weighted by atomic mass is 35.5. The number of rotatable bonds is 6. The Hall–Kier alpha value is -2.53. The fourth-order valence-electron chi connectivity index (χ4n) is 2.86. The van der Waals surface area contributed by atoms with Gasteiger partial charge in [0.15, 0.2) is 0 Å². The van der Waals surface area contributed by atoms with Gasteiger partial charge in [0.2, 0.25) is 5.91 Å². The maximum absolute atomic E-state index is 12.2. The maximum atomic E-state index is 12.2. The molecule has 0 spiro atoms. The van der Waals surface area contributed by atoms with Gasteiger partial charge in [-0.1, -0.05) is 17.7 Å². The van der Waals surface area contributed by atoms with Crippen LogP contribution in [-0.2, 0) is 4.79 Å². The van der Waals surface area contributed by atoms with Crippen LogP contribution in [0.25, 0.3) is 0 Å². The zero-order chi connectivity index (χ0) is 18.4. The molecule has 2 aromatic rings. The number of hydrogen-bond acceptors (Lipinski definition) is 3. The molecule has 2 aromatic carbocycles. The SMILES string of the molecule is O=C(NCCOc1cccc(Cl)c1)c1ccc(N2CCCCC2=O)cc1. The van der Waals surface area contributed by atoms with Gasteiger partial charge >= 0.3 is 0 Å². The first-order valence-corrected chi connectivity index (χ1v) is 9.08. The molecule has 2 amide bonds. The van der Waals surface area contributed by atoms with Crippen LogP contribution in [-0.4, -0.2) is 31.5 Å². The van der Waals surface area contributed by atoms with Crippen molar-refractivity contribution >= 4 is 29.1 Å². The highest BCUT2D eigenvalue weighted by Crippen LogP contribution is 2.21. The van der Waals surface area contributed by atoms with Crippen LogP contribution in [0.3, 0.4) is 0 Å². The van der Waals surface area contributed by atoms with Gasteiger partial charge in [-0.15, -0.1) is 0 Å². The Morgan fingerprint density at radius 3 is 2.69 bits per heavy atom. The molecular formula is C20H21ClN2O3. The van der Waals surface area contributed by atoms with E-state index in [4.69, 9.17) is 16.3 Å². The normalized spacial score (nSPS) is 14.2. The summed E-state index contributed by atoms with van der Waals surface area (Å²) < 4.78 is 5.54. The molecule has 1 fully saturated rings. The van der Waals surface area contributed by atoms with E-state index >= 15 is 0 Å². The van der Waals surface area contributed by atoms with Crippen LogP contribution < -0.4 is 15.0 Å². The highest BCUT2D eigenvalue weighted by molar-refractivity contribution is 6.30. The molecule has 0 unspecified atom stereocenters. The van der Waals surface area contributed by atoms with E-state index < -0.39 is 0 Å². The van der Waals surface area contributed by atoms with Gasteiger partial charge in [-0.2, -0.15) is 0 Å². The van der Waals surface area contributed by atoms with E-state index in [1.54, 1.807) is 29.2 Å². The van der Waals surface area contributed by atoms with Gasteiger partial charge in [0, 0.05) is 29.2 Å². The number of carbonyl (C=O) groups is 2. The third kappa shape index (κ3) is 4.76. The fourth-order valence-corrected chi connectivity index (χ4v) is 3.04. The summed E-state index contributed by atoms with van der Waals surface area (Å²) >= 11 is 5.89. The summed E-state index contributed by atoms with van der Waals surface area (Å²) in [4.78, 5) is 25.9. The van der Waals surface area contributed by atoms with Crippen molar-refractivity contribution in [2.75, 3.05) is 24.6 Å². The Balaban J connectivity index is 1.48. The molecule has 0 saturated carbocycles. The molecule has 0 aromatic heterocycles. The number of hydrogen-bond donors (Lipinski definition) is 1. The lowest BCUT2D eigenvalue weighted by atomic mass is 10.1. The lowest BCUT2D eigenvalue weighted by Gasteiger charge is -2.26. The summed E-state index contributed by atoms with van der Waals surface area (Å²) in [6.45, 7) is 1.48. The molecule has 136 valence electrons. The molecule has 0 aliphatic carbocycles. The second-order valence-electron chi connectivity index (χ2n) is 6.11. The lowest BCUT2D eigenvalue weighted by Crippen LogP contribution is -2.35. The first kappa shape index (κ1) is 18.3. The van der Waals surface area contributed by atoms with E-state index in [-0.39, 0.29) is 11.8 Å². The molecule has 1 heterocycles. The molecule has 0 atom stereocenters. The predicted molar refractivity (Wildman–Crippen MR) is 102 cm³/mol. The van der Waals surface area contributed by atoms with Gasteiger partial charge in [0.05, 0.1) is 6.54 Å². The topological polar surface area (TPSA) is 58.6 Å². The second kappa shape index (κ2) is 8.72. The molecule has 1 N–H and O–H groups in total. The fraction of sp³-hybridized carbons (Fsp3) is 0.300. The van der Waals surface area contributed by atoms with Crippen molar-refractivity contribution in [3.05, 3.63) is 59.1 Å². The number of nitrogens with one attached hydrogen (secondary N) is 1. The van der Waals surface area contributed by atoms with Crippen molar-refractivity contribution in [2.24, 2.45) is 0 Å². The summed E-state index contributed by atoms with van der Waals surface area (Å²) in [6, 6.07) is 14.2. The Bertz CT molecular complexity index is 777. The molecule has 3 rings (SSSR count). The molecule has 1 aliphatic heterocycles. The minimum absolute atomic E-state index is 0.145. The number of ether oxygens (including phenoxy) is 1. The Morgan fingerprint density at radius 2 is 1.96 bits per heavy atom. The van der Waals surface area contributed by atoms with Crippen LogP contribution in [0.15, 0.2) is 48.5 Å². The van der Waals surface area contributed by atoms with Crippen LogP contribution in [0.4, 0.5) is 5.69 Å². The molecular weight excluding hydrogens is 352 g/mol. The summed E-state index contributed by atoms with van der Waals surface area (Å²) in [5.41, 5.74) is 1.40. The average Bonchev–Trinajstić information content (AvgIpc) is 2.66. The Kier molecular flexibility index (Phi) is 6.12. The average molecular weight is 373 g/mol. The third-order valence-electron chi connectivity index (χ3n) is 4.22. The summed E-state index contributed by atoms with van der Waals surface area (Å²) in [7, 11) is 0. The molecule has 0 radical (unpaired) electrons. The maximum Gasteiger partial charge on any atom is 0.251 e. The van der Waals surface area contributed by atoms with E-state index in [0.717, 1.165) is 25.1 Å². The van der Waals surface area contributed by atoms with Crippen molar-refractivity contribution in [1.29, 1.82) is 0 Å². The van der Waals surface area contributed by atoms with Crippen molar-refractivity contribution in [2.45, 2.75) is 19.3 Å². The van der Waals surface area contributed by atoms with Gasteiger partial charge in [-0.25, -0.2) is 0 Å². The molecule has 6 heteroatoms. The minimum Gasteiger partial charge on any atom is -0.492 e. The monoisotopic (exact) mass is 372 g/mol. The number of benzene rings is 2. The van der Waals surface area contributed by atoms with Crippen LogP contribution in [0.5, 0.6) is 5.75 Å². The van der Waals surface area contributed by atoms with Crippen LogP contribution in [0.2, 0.25) is 5.02 Å². The highest BCUT2D eigenvalue weighted by Gasteiger charge is 2.19. The standard InChI is InChI=1S/C20H21ClN2O3/c21-16-4-3-5-18(14-16)26-13-11-22-20(25)15-7-9-17(10-8-15)23-12-2-1-6-19(23)24/h3-5,7-10,14H,1-2,6,11-13H2,(H,22,25). The van der Waals surface area contributed by atoms with Gasteiger partial charge in [0.25, 0.3) is 5.91 Å². The number of piperidine rings is 1. The molecule has 5 nitrogen and oxygen atoms in total.